The maximum absolute atomic E-state index is 12.6. The lowest BCUT2D eigenvalue weighted by Gasteiger charge is -2.19. The fourth-order valence-corrected chi connectivity index (χ4v) is 3.43. The summed E-state index contributed by atoms with van der Waals surface area (Å²) >= 11 is 0. The Balaban J connectivity index is 1.72. The molecule has 3 rings (SSSR count). The highest BCUT2D eigenvalue weighted by atomic mass is 16.4. The van der Waals surface area contributed by atoms with Crippen molar-refractivity contribution >= 4 is 17.8 Å². The maximum atomic E-state index is 12.6. The third-order valence-corrected chi connectivity index (χ3v) is 5.24. The number of carboxylic acid groups (broad SMARTS) is 1. The number of benzene rings is 2. The van der Waals surface area contributed by atoms with Gasteiger partial charge in [0.25, 0.3) is 5.91 Å². The monoisotopic (exact) mass is 380 g/mol. The van der Waals surface area contributed by atoms with Gasteiger partial charge in [0, 0.05) is 25.1 Å². The summed E-state index contributed by atoms with van der Waals surface area (Å²) in [7, 11) is 0. The van der Waals surface area contributed by atoms with Gasteiger partial charge in [0.2, 0.25) is 5.91 Å². The van der Waals surface area contributed by atoms with E-state index in [4.69, 9.17) is 0 Å². The molecule has 0 spiro atoms. The Bertz CT molecular complexity index is 905. The van der Waals surface area contributed by atoms with Gasteiger partial charge in [-0.05, 0) is 54.7 Å². The van der Waals surface area contributed by atoms with Crippen LogP contribution < -0.4 is 5.32 Å². The van der Waals surface area contributed by atoms with Crippen molar-refractivity contribution in [2.45, 2.75) is 39.3 Å². The van der Waals surface area contributed by atoms with Crippen LogP contribution in [0.2, 0.25) is 0 Å². The fourth-order valence-electron chi connectivity index (χ4n) is 3.43. The van der Waals surface area contributed by atoms with Crippen LogP contribution in [0.5, 0.6) is 0 Å². The Morgan fingerprint density at radius 2 is 1.86 bits per heavy atom. The van der Waals surface area contributed by atoms with E-state index in [-0.39, 0.29) is 5.91 Å². The molecule has 6 heteroatoms. The summed E-state index contributed by atoms with van der Waals surface area (Å²) in [6.07, 6.45) is 1.48. The molecule has 1 unspecified atom stereocenters. The molecule has 0 radical (unpaired) electrons. The Kier molecular flexibility index (Phi) is 5.78. The second-order valence-electron chi connectivity index (χ2n) is 7.15. The summed E-state index contributed by atoms with van der Waals surface area (Å²) in [6, 6.07) is 11.2. The van der Waals surface area contributed by atoms with E-state index in [1.807, 2.05) is 19.9 Å². The van der Waals surface area contributed by atoms with Crippen LogP contribution in [0.25, 0.3) is 0 Å². The van der Waals surface area contributed by atoms with Crippen LogP contribution in [0.4, 0.5) is 0 Å². The number of nitrogens with zero attached hydrogens (tertiary/aromatic N) is 1. The number of aliphatic carboxylic acids is 1. The molecule has 1 fully saturated rings. The first-order valence-corrected chi connectivity index (χ1v) is 9.33. The van der Waals surface area contributed by atoms with Crippen molar-refractivity contribution in [3.05, 3.63) is 70.3 Å². The summed E-state index contributed by atoms with van der Waals surface area (Å²) in [5.74, 6) is -1.40. The van der Waals surface area contributed by atoms with Gasteiger partial charge in [0.1, 0.15) is 0 Å². The number of rotatable bonds is 6. The Morgan fingerprint density at radius 3 is 2.46 bits per heavy atom. The number of carbonyl (C=O) groups excluding carboxylic acids is 2. The van der Waals surface area contributed by atoms with Crippen LogP contribution in [-0.2, 0) is 16.1 Å². The van der Waals surface area contributed by atoms with E-state index in [2.05, 4.69) is 5.32 Å². The van der Waals surface area contributed by atoms with E-state index in [0.29, 0.717) is 24.1 Å². The van der Waals surface area contributed by atoms with Gasteiger partial charge in [-0.2, -0.15) is 0 Å². The number of nitrogens with one attached hydrogen (secondary N) is 1. The normalized spacial score (nSPS) is 14.8. The lowest BCUT2D eigenvalue weighted by molar-refractivity contribution is -0.139. The smallest absolute Gasteiger partial charge is 0.330 e. The van der Waals surface area contributed by atoms with Crippen molar-refractivity contribution in [1.82, 2.24) is 10.2 Å². The van der Waals surface area contributed by atoms with Crippen LogP contribution in [0.15, 0.2) is 42.5 Å². The van der Waals surface area contributed by atoms with Crippen LogP contribution in [-0.4, -0.2) is 34.3 Å². The van der Waals surface area contributed by atoms with E-state index >= 15 is 0 Å². The van der Waals surface area contributed by atoms with Gasteiger partial charge < -0.3 is 15.3 Å². The molecule has 1 atom stereocenters. The van der Waals surface area contributed by atoms with E-state index < -0.39 is 17.9 Å². The zero-order valence-corrected chi connectivity index (χ0v) is 16.1. The second kappa shape index (κ2) is 8.25. The molecule has 2 N–H and O–H groups in total. The third kappa shape index (κ3) is 4.22. The lowest BCUT2D eigenvalue weighted by Crippen LogP contribution is -2.34. The summed E-state index contributed by atoms with van der Waals surface area (Å²) in [6.45, 7) is 5.04. The number of hydrogen-bond acceptors (Lipinski definition) is 3. The van der Waals surface area contributed by atoms with Crippen LogP contribution in [0.3, 0.4) is 0 Å². The molecule has 1 aliphatic heterocycles. The molecule has 2 amide bonds. The maximum Gasteiger partial charge on any atom is 0.330 e. The highest BCUT2D eigenvalue weighted by Crippen LogP contribution is 2.22. The average Bonchev–Trinajstić information content (AvgIpc) is 3.07. The van der Waals surface area contributed by atoms with Gasteiger partial charge in [-0.25, -0.2) is 4.79 Å². The van der Waals surface area contributed by atoms with Gasteiger partial charge in [-0.1, -0.05) is 30.3 Å². The Morgan fingerprint density at radius 1 is 1.14 bits per heavy atom. The van der Waals surface area contributed by atoms with Gasteiger partial charge in [-0.3, -0.25) is 9.59 Å². The van der Waals surface area contributed by atoms with Crippen molar-refractivity contribution in [3.8, 4) is 0 Å². The molecule has 2 aromatic carbocycles. The first-order valence-electron chi connectivity index (χ1n) is 9.33. The standard InChI is InChI=1S/C22H24N2O4/c1-14-5-3-6-18(15(14)2)20(22(27)28)23-21(26)17-10-8-16(9-11-17)13-24-12-4-7-19(24)25/h3,5-6,8-11,20H,4,7,12-13H2,1-2H3,(H,23,26)(H,27,28). The first-order chi connectivity index (χ1) is 13.4. The van der Waals surface area contributed by atoms with Crippen molar-refractivity contribution in [2.24, 2.45) is 0 Å². The predicted octanol–water partition coefficient (Wildman–Crippen LogP) is 2.98. The summed E-state index contributed by atoms with van der Waals surface area (Å²) in [5.41, 5.74) is 3.72. The SMILES string of the molecule is Cc1cccc(C(NC(=O)c2ccc(CN3CCCC3=O)cc2)C(=O)O)c1C. The number of carboxylic acids is 1. The summed E-state index contributed by atoms with van der Waals surface area (Å²) < 4.78 is 0. The molecular weight excluding hydrogens is 356 g/mol. The average molecular weight is 380 g/mol. The number of carbonyl (C=O) groups is 3. The molecule has 0 aliphatic carbocycles. The largest absolute Gasteiger partial charge is 0.479 e. The topological polar surface area (TPSA) is 86.7 Å². The first kappa shape index (κ1) is 19.6. The Labute approximate surface area is 164 Å². The number of aryl methyl sites for hydroxylation is 1. The molecule has 1 aliphatic rings. The van der Waals surface area contributed by atoms with Crippen molar-refractivity contribution in [2.75, 3.05) is 6.54 Å². The van der Waals surface area contributed by atoms with E-state index in [1.165, 1.54) is 0 Å². The number of amides is 2. The minimum absolute atomic E-state index is 0.152. The van der Waals surface area contributed by atoms with Crippen molar-refractivity contribution < 1.29 is 19.5 Å². The zero-order valence-electron chi connectivity index (χ0n) is 16.1. The van der Waals surface area contributed by atoms with E-state index in [0.717, 1.165) is 29.7 Å². The summed E-state index contributed by atoms with van der Waals surface area (Å²) in [4.78, 5) is 37.9. The minimum Gasteiger partial charge on any atom is -0.479 e. The molecule has 2 aromatic rings. The van der Waals surface area contributed by atoms with E-state index in [1.54, 1.807) is 41.3 Å². The lowest BCUT2D eigenvalue weighted by atomic mass is 9.97. The molecule has 146 valence electrons. The number of hydrogen-bond donors (Lipinski definition) is 2. The van der Waals surface area contributed by atoms with Crippen LogP contribution in [0, 0.1) is 13.8 Å². The molecule has 1 heterocycles. The minimum atomic E-state index is -1.12. The van der Waals surface area contributed by atoms with Gasteiger partial charge in [-0.15, -0.1) is 0 Å². The molecular formula is C22H24N2O4. The molecule has 0 aromatic heterocycles. The second-order valence-corrected chi connectivity index (χ2v) is 7.15. The van der Waals surface area contributed by atoms with Crippen LogP contribution >= 0.6 is 0 Å². The predicted molar refractivity (Wildman–Crippen MR) is 105 cm³/mol. The van der Waals surface area contributed by atoms with Gasteiger partial charge in [0.15, 0.2) is 6.04 Å². The van der Waals surface area contributed by atoms with Crippen molar-refractivity contribution in [1.29, 1.82) is 0 Å². The fraction of sp³-hybridized carbons (Fsp3) is 0.318. The molecule has 0 saturated carbocycles. The molecule has 1 saturated heterocycles. The van der Waals surface area contributed by atoms with Gasteiger partial charge >= 0.3 is 5.97 Å². The Hall–Kier alpha value is -3.15. The zero-order chi connectivity index (χ0) is 20.3. The van der Waals surface area contributed by atoms with Crippen molar-refractivity contribution in [3.63, 3.8) is 0 Å². The molecule has 28 heavy (non-hydrogen) atoms. The highest BCUT2D eigenvalue weighted by Gasteiger charge is 2.25. The molecule has 6 nitrogen and oxygen atoms in total. The van der Waals surface area contributed by atoms with Gasteiger partial charge in [0.05, 0.1) is 0 Å². The third-order valence-electron chi connectivity index (χ3n) is 5.24. The summed E-state index contributed by atoms with van der Waals surface area (Å²) in [5, 5.41) is 12.2. The molecule has 0 bridgehead atoms. The number of likely N-dealkylation sites (tertiary alicyclic amines) is 1. The quantitative estimate of drug-likeness (QED) is 0.807. The van der Waals surface area contributed by atoms with Crippen LogP contribution in [0.1, 0.15) is 51.5 Å². The van der Waals surface area contributed by atoms with E-state index in [9.17, 15) is 19.5 Å². The highest BCUT2D eigenvalue weighted by molar-refractivity contribution is 5.97.